The average Bonchev–Trinajstić information content (AvgIpc) is 3.76. The quantitative estimate of drug-likeness (QED) is 0.173. The molecule has 7 aromatic rings. The van der Waals surface area contributed by atoms with Crippen molar-refractivity contribution in [2.45, 2.75) is 20.0 Å². The molecule has 42 heavy (non-hydrogen) atoms. The summed E-state index contributed by atoms with van der Waals surface area (Å²) < 4.78 is 16.3. The molecule has 9 heteroatoms. The van der Waals surface area contributed by atoms with Crippen LogP contribution in [0.15, 0.2) is 91.9 Å². The van der Waals surface area contributed by atoms with Crippen molar-refractivity contribution in [3.63, 3.8) is 0 Å². The van der Waals surface area contributed by atoms with Gasteiger partial charge in [-0.2, -0.15) is 5.10 Å². The molecule has 0 saturated heterocycles. The van der Waals surface area contributed by atoms with Gasteiger partial charge in [-0.25, -0.2) is 9.37 Å². The Kier molecular flexibility index (Phi) is 6.65. The van der Waals surface area contributed by atoms with E-state index in [1.807, 2.05) is 55.5 Å². The number of imidazole rings is 1. The smallest absolute Gasteiger partial charge is 0.159 e. The van der Waals surface area contributed by atoms with E-state index in [9.17, 15) is 0 Å². The van der Waals surface area contributed by atoms with E-state index in [1.54, 1.807) is 36.0 Å². The summed E-state index contributed by atoms with van der Waals surface area (Å²) in [5.74, 6) is 0.0887. The molecule has 5 aromatic heterocycles. The van der Waals surface area contributed by atoms with E-state index in [1.165, 1.54) is 5.56 Å². The third-order valence-corrected chi connectivity index (χ3v) is 8.41. The van der Waals surface area contributed by atoms with E-state index in [4.69, 9.17) is 4.98 Å². The molecule has 0 amide bonds. The van der Waals surface area contributed by atoms with E-state index in [0.717, 1.165) is 38.6 Å². The van der Waals surface area contributed by atoms with Crippen LogP contribution in [0.5, 0.6) is 0 Å². The predicted octanol–water partition coefficient (Wildman–Crippen LogP) is 7.75. The fraction of sp³-hybridized carbons (Fsp3) is 0.0909. The number of rotatable bonds is 8. The van der Waals surface area contributed by atoms with Crippen molar-refractivity contribution >= 4 is 38.8 Å². The van der Waals surface area contributed by atoms with Gasteiger partial charge in [0.2, 0.25) is 0 Å². The number of fused-ring (bicyclic) bond motifs is 2. The standard InChI is InChI=1S/C33H26FN7S/c1-19(2)26-10-11-27(42-26)31-30-25(12-13-37-31)38-33(39-30)32-28-24(40-41-32)9-8-23(29(28)34)22-14-21(17-36-18-22)16-35-15-20-6-4-3-5-7-20/h3-14,17-18,35H,1,15-16H2,2H3,(H,38,39)(H,40,41). The highest BCUT2D eigenvalue weighted by molar-refractivity contribution is 7.16. The van der Waals surface area contributed by atoms with Crippen molar-refractivity contribution in [2.75, 3.05) is 0 Å². The highest BCUT2D eigenvalue weighted by atomic mass is 32.1. The Bertz CT molecular complexity index is 2070. The lowest BCUT2D eigenvalue weighted by molar-refractivity contribution is 0.643. The zero-order valence-corrected chi connectivity index (χ0v) is 23.6. The third kappa shape index (κ3) is 4.78. The molecule has 3 N–H and O–H groups in total. The summed E-state index contributed by atoms with van der Waals surface area (Å²) in [6.45, 7) is 7.38. The monoisotopic (exact) mass is 571 g/mol. The normalized spacial score (nSPS) is 11.5. The van der Waals surface area contributed by atoms with E-state index < -0.39 is 0 Å². The van der Waals surface area contributed by atoms with Crippen LogP contribution in [-0.2, 0) is 13.1 Å². The number of aromatic nitrogens is 6. The molecule has 7 nitrogen and oxygen atoms in total. The number of benzene rings is 2. The Labute approximate surface area is 245 Å². The number of hydrogen-bond acceptors (Lipinski definition) is 6. The van der Waals surface area contributed by atoms with Gasteiger partial charge < -0.3 is 10.3 Å². The second kappa shape index (κ2) is 10.8. The molecular formula is C33H26FN7S. The molecule has 0 spiro atoms. The summed E-state index contributed by atoms with van der Waals surface area (Å²) in [5, 5.41) is 11.2. The Balaban J connectivity index is 1.23. The van der Waals surface area contributed by atoms with Crippen LogP contribution in [0, 0.1) is 5.82 Å². The second-order valence-corrected chi connectivity index (χ2v) is 11.3. The zero-order valence-electron chi connectivity index (χ0n) is 22.8. The predicted molar refractivity (Wildman–Crippen MR) is 167 cm³/mol. The van der Waals surface area contributed by atoms with Crippen LogP contribution in [0.4, 0.5) is 4.39 Å². The first-order valence-electron chi connectivity index (χ1n) is 13.5. The van der Waals surface area contributed by atoms with Crippen molar-refractivity contribution in [1.82, 2.24) is 35.5 Å². The molecule has 7 rings (SSSR count). The largest absolute Gasteiger partial charge is 0.336 e. The Morgan fingerprint density at radius 2 is 1.81 bits per heavy atom. The maximum Gasteiger partial charge on any atom is 0.159 e. The lowest BCUT2D eigenvalue weighted by Crippen LogP contribution is -2.12. The minimum Gasteiger partial charge on any atom is -0.336 e. The summed E-state index contributed by atoms with van der Waals surface area (Å²) in [7, 11) is 0. The number of thiophene rings is 1. The summed E-state index contributed by atoms with van der Waals surface area (Å²) in [6.07, 6.45) is 5.23. The van der Waals surface area contributed by atoms with Crippen LogP contribution in [0.1, 0.15) is 22.9 Å². The van der Waals surface area contributed by atoms with Crippen molar-refractivity contribution in [3.8, 4) is 33.2 Å². The molecule has 0 aliphatic heterocycles. The maximum atomic E-state index is 16.3. The van der Waals surface area contributed by atoms with Crippen molar-refractivity contribution < 1.29 is 4.39 Å². The van der Waals surface area contributed by atoms with Gasteiger partial charge >= 0.3 is 0 Å². The van der Waals surface area contributed by atoms with Crippen LogP contribution >= 0.6 is 11.3 Å². The lowest BCUT2D eigenvalue weighted by atomic mass is 10.0. The first-order chi connectivity index (χ1) is 20.5. The summed E-state index contributed by atoms with van der Waals surface area (Å²) in [5.41, 5.74) is 7.58. The fourth-order valence-electron chi connectivity index (χ4n) is 5.07. The van der Waals surface area contributed by atoms with Gasteiger partial charge in [0, 0.05) is 47.7 Å². The van der Waals surface area contributed by atoms with Crippen molar-refractivity contribution in [3.05, 3.63) is 114 Å². The van der Waals surface area contributed by atoms with E-state index in [-0.39, 0.29) is 5.82 Å². The first-order valence-corrected chi connectivity index (χ1v) is 14.3. The molecule has 0 fully saturated rings. The van der Waals surface area contributed by atoms with Crippen LogP contribution in [0.2, 0.25) is 0 Å². The topological polar surface area (TPSA) is 95.2 Å². The number of hydrogen-bond donors (Lipinski definition) is 3. The van der Waals surface area contributed by atoms with Gasteiger partial charge in [-0.05, 0) is 60.0 Å². The van der Waals surface area contributed by atoms with Gasteiger partial charge in [-0.1, -0.05) is 36.9 Å². The second-order valence-electron chi connectivity index (χ2n) is 10.2. The zero-order chi connectivity index (χ0) is 28.6. The highest BCUT2D eigenvalue weighted by Crippen LogP contribution is 2.37. The summed E-state index contributed by atoms with van der Waals surface area (Å²) >= 11 is 1.62. The number of allylic oxidation sites excluding steroid dienone is 1. The molecule has 0 aliphatic carbocycles. The Hall–Kier alpha value is -4.99. The number of nitrogens with one attached hydrogen (secondary N) is 3. The molecule has 0 bridgehead atoms. The molecule has 0 radical (unpaired) electrons. The van der Waals surface area contributed by atoms with Gasteiger partial charge in [0.05, 0.1) is 21.3 Å². The fourth-order valence-corrected chi connectivity index (χ4v) is 6.00. The van der Waals surface area contributed by atoms with Crippen molar-refractivity contribution in [1.29, 1.82) is 0 Å². The van der Waals surface area contributed by atoms with E-state index >= 15 is 4.39 Å². The van der Waals surface area contributed by atoms with Gasteiger partial charge in [0.25, 0.3) is 0 Å². The molecule has 5 heterocycles. The van der Waals surface area contributed by atoms with Crippen LogP contribution in [0.3, 0.4) is 0 Å². The number of H-pyrrole nitrogens is 2. The van der Waals surface area contributed by atoms with Gasteiger partial charge in [0.15, 0.2) is 5.82 Å². The summed E-state index contributed by atoms with van der Waals surface area (Å²) in [4.78, 5) is 19.3. The van der Waals surface area contributed by atoms with Crippen LogP contribution in [-0.4, -0.2) is 30.1 Å². The van der Waals surface area contributed by atoms with E-state index in [0.29, 0.717) is 45.6 Å². The van der Waals surface area contributed by atoms with Crippen LogP contribution in [0.25, 0.3) is 60.7 Å². The molecule has 0 aliphatic rings. The first kappa shape index (κ1) is 25.9. The Morgan fingerprint density at radius 3 is 2.64 bits per heavy atom. The molecule has 0 unspecified atom stereocenters. The number of nitrogens with zero attached hydrogens (tertiary/aromatic N) is 4. The molecule has 0 atom stereocenters. The minimum atomic E-state index is -0.379. The average molecular weight is 572 g/mol. The highest BCUT2D eigenvalue weighted by Gasteiger charge is 2.21. The SMILES string of the molecule is C=C(C)c1ccc(-c2nccc3[nH]c(-c4n[nH]c5ccc(-c6cncc(CNCc7ccccc7)c6)c(F)c45)nc23)s1. The number of pyridine rings is 2. The number of aromatic amines is 2. The minimum absolute atomic E-state index is 0.370. The third-order valence-electron chi connectivity index (χ3n) is 7.16. The number of halogens is 1. The molecule has 0 saturated carbocycles. The van der Waals surface area contributed by atoms with Gasteiger partial charge in [0.1, 0.15) is 22.7 Å². The maximum absolute atomic E-state index is 16.3. The molecule has 2 aromatic carbocycles. The molecule has 206 valence electrons. The Morgan fingerprint density at radius 1 is 0.952 bits per heavy atom. The van der Waals surface area contributed by atoms with Gasteiger partial charge in [-0.3, -0.25) is 15.1 Å². The van der Waals surface area contributed by atoms with E-state index in [2.05, 4.69) is 49.2 Å². The summed E-state index contributed by atoms with van der Waals surface area (Å²) in [6, 6.07) is 21.7. The lowest BCUT2D eigenvalue weighted by Gasteiger charge is -2.09. The van der Waals surface area contributed by atoms with Crippen molar-refractivity contribution in [2.24, 2.45) is 0 Å². The molecular weight excluding hydrogens is 545 g/mol. The van der Waals surface area contributed by atoms with Crippen LogP contribution < -0.4 is 5.32 Å². The van der Waals surface area contributed by atoms with Gasteiger partial charge in [-0.15, -0.1) is 11.3 Å².